The summed E-state index contributed by atoms with van der Waals surface area (Å²) in [6.07, 6.45) is 0.947. The molecular formula is C20H29N5O3. The Balaban J connectivity index is 1.46. The molecular weight excluding hydrogens is 358 g/mol. The molecule has 1 aliphatic heterocycles. The second-order valence-corrected chi connectivity index (χ2v) is 7.16. The number of nitrogens with zero attached hydrogens (tertiary/aromatic N) is 4. The van der Waals surface area contributed by atoms with Crippen molar-refractivity contribution in [3.8, 4) is 17.2 Å². The Kier molecular flexibility index (Phi) is 7.00. The summed E-state index contributed by atoms with van der Waals surface area (Å²) in [6.45, 7) is 8.63. The summed E-state index contributed by atoms with van der Waals surface area (Å²) in [4.78, 5) is 16.5. The van der Waals surface area contributed by atoms with Gasteiger partial charge in [-0.25, -0.2) is 0 Å². The van der Waals surface area contributed by atoms with Crippen molar-refractivity contribution >= 4 is 5.91 Å². The molecule has 0 spiro atoms. The lowest BCUT2D eigenvalue weighted by molar-refractivity contribution is -0.123. The Morgan fingerprint density at radius 1 is 1.18 bits per heavy atom. The second-order valence-electron chi connectivity index (χ2n) is 7.16. The molecule has 3 rings (SSSR count). The number of piperazine rings is 1. The van der Waals surface area contributed by atoms with Crippen molar-refractivity contribution in [2.24, 2.45) is 0 Å². The van der Waals surface area contributed by atoms with Crippen LogP contribution in [0.5, 0.6) is 5.75 Å². The highest BCUT2D eigenvalue weighted by Crippen LogP contribution is 2.21. The van der Waals surface area contributed by atoms with E-state index in [4.69, 9.17) is 9.15 Å². The van der Waals surface area contributed by atoms with Crippen molar-refractivity contribution in [1.29, 1.82) is 0 Å². The highest BCUT2D eigenvalue weighted by molar-refractivity contribution is 5.78. The zero-order chi connectivity index (χ0) is 19.9. The molecule has 1 amide bonds. The lowest BCUT2D eigenvalue weighted by atomic mass is 10.2. The normalized spacial score (nSPS) is 16.7. The van der Waals surface area contributed by atoms with Crippen LogP contribution in [0.2, 0.25) is 0 Å². The molecule has 28 heavy (non-hydrogen) atoms. The first-order valence-electron chi connectivity index (χ1n) is 9.78. The van der Waals surface area contributed by atoms with Gasteiger partial charge in [0.25, 0.3) is 0 Å². The van der Waals surface area contributed by atoms with E-state index in [-0.39, 0.29) is 11.9 Å². The topological polar surface area (TPSA) is 83.7 Å². The number of carbonyl (C=O) groups is 1. The minimum atomic E-state index is 0.101. The van der Waals surface area contributed by atoms with E-state index >= 15 is 0 Å². The molecule has 0 radical (unpaired) electrons. The molecule has 0 saturated carbocycles. The maximum absolute atomic E-state index is 12.0. The van der Waals surface area contributed by atoms with Gasteiger partial charge in [0.1, 0.15) is 5.75 Å². The largest absolute Gasteiger partial charge is 0.497 e. The Morgan fingerprint density at radius 2 is 1.86 bits per heavy atom. The molecule has 8 heteroatoms. The molecule has 1 aromatic carbocycles. The van der Waals surface area contributed by atoms with Crippen molar-refractivity contribution in [1.82, 2.24) is 25.3 Å². The smallest absolute Gasteiger partial charge is 0.247 e. The zero-order valence-corrected chi connectivity index (χ0v) is 16.9. The van der Waals surface area contributed by atoms with Gasteiger partial charge in [-0.3, -0.25) is 14.6 Å². The third kappa shape index (κ3) is 5.53. The van der Waals surface area contributed by atoms with Gasteiger partial charge in [0.15, 0.2) is 0 Å². The third-order valence-electron chi connectivity index (χ3n) is 5.01. The number of ether oxygens (including phenoxy) is 1. The van der Waals surface area contributed by atoms with E-state index in [1.165, 1.54) is 0 Å². The van der Waals surface area contributed by atoms with Gasteiger partial charge < -0.3 is 14.5 Å². The molecule has 2 heterocycles. The first kappa shape index (κ1) is 20.3. The van der Waals surface area contributed by atoms with E-state index in [2.05, 4.69) is 32.2 Å². The number of hydrogen-bond donors (Lipinski definition) is 1. The van der Waals surface area contributed by atoms with Gasteiger partial charge in [-0.15, -0.1) is 10.2 Å². The molecule has 1 unspecified atom stereocenters. The van der Waals surface area contributed by atoms with E-state index in [0.29, 0.717) is 24.9 Å². The van der Waals surface area contributed by atoms with Crippen LogP contribution < -0.4 is 10.1 Å². The molecule has 1 N–H and O–H groups in total. The van der Waals surface area contributed by atoms with Crippen molar-refractivity contribution < 1.29 is 13.9 Å². The highest BCUT2D eigenvalue weighted by atomic mass is 16.5. The van der Waals surface area contributed by atoms with Crippen molar-refractivity contribution in [3.63, 3.8) is 0 Å². The van der Waals surface area contributed by atoms with Gasteiger partial charge >= 0.3 is 0 Å². The van der Waals surface area contributed by atoms with Crippen LogP contribution in [0.4, 0.5) is 0 Å². The fraction of sp³-hybridized carbons (Fsp3) is 0.550. The van der Waals surface area contributed by atoms with Gasteiger partial charge in [-0.2, -0.15) is 0 Å². The van der Waals surface area contributed by atoms with Gasteiger partial charge in [-0.05, 0) is 37.6 Å². The lowest BCUT2D eigenvalue weighted by Crippen LogP contribution is -2.49. The van der Waals surface area contributed by atoms with Crippen LogP contribution in [0.1, 0.15) is 26.2 Å². The van der Waals surface area contributed by atoms with Crippen LogP contribution in [0, 0.1) is 0 Å². The Morgan fingerprint density at radius 3 is 2.50 bits per heavy atom. The number of hydrogen-bond acceptors (Lipinski definition) is 7. The molecule has 1 aromatic heterocycles. The van der Waals surface area contributed by atoms with Crippen molar-refractivity contribution in [2.45, 2.75) is 32.9 Å². The molecule has 0 aliphatic carbocycles. The lowest BCUT2D eigenvalue weighted by Gasteiger charge is -2.33. The number of amides is 1. The van der Waals surface area contributed by atoms with E-state index in [9.17, 15) is 4.79 Å². The van der Waals surface area contributed by atoms with Crippen LogP contribution in [0.25, 0.3) is 11.5 Å². The summed E-state index contributed by atoms with van der Waals surface area (Å²) >= 11 is 0. The predicted octanol–water partition coefficient (Wildman–Crippen LogP) is 1.78. The second kappa shape index (κ2) is 9.66. The Hall–Kier alpha value is -2.45. The molecule has 1 saturated heterocycles. The average molecular weight is 387 g/mol. The number of carbonyl (C=O) groups excluding carboxylic acids is 1. The van der Waals surface area contributed by atoms with Crippen LogP contribution in [-0.2, 0) is 11.3 Å². The third-order valence-corrected chi connectivity index (χ3v) is 5.01. The van der Waals surface area contributed by atoms with E-state index in [1.807, 2.05) is 31.2 Å². The Bertz CT molecular complexity index is 753. The van der Waals surface area contributed by atoms with E-state index < -0.39 is 0 Å². The van der Waals surface area contributed by atoms with Crippen LogP contribution in [-0.4, -0.2) is 71.8 Å². The fourth-order valence-electron chi connectivity index (χ4n) is 3.09. The quantitative estimate of drug-likeness (QED) is 0.739. The zero-order valence-electron chi connectivity index (χ0n) is 16.9. The van der Waals surface area contributed by atoms with Crippen molar-refractivity contribution in [3.05, 3.63) is 30.2 Å². The molecule has 8 nitrogen and oxygen atoms in total. The van der Waals surface area contributed by atoms with Crippen LogP contribution in [0.3, 0.4) is 0 Å². The molecule has 1 fully saturated rings. The number of rotatable bonds is 8. The predicted molar refractivity (Wildman–Crippen MR) is 106 cm³/mol. The number of nitrogens with one attached hydrogen (secondary N) is 1. The molecule has 1 aliphatic rings. The van der Waals surface area contributed by atoms with E-state index in [1.54, 1.807) is 7.11 Å². The minimum absolute atomic E-state index is 0.101. The number of aromatic nitrogens is 2. The first-order valence-corrected chi connectivity index (χ1v) is 9.78. The number of methoxy groups -OCH3 is 1. The van der Waals surface area contributed by atoms with E-state index in [0.717, 1.165) is 43.9 Å². The van der Waals surface area contributed by atoms with Gasteiger partial charge in [0, 0.05) is 37.8 Å². The van der Waals surface area contributed by atoms with Crippen LogP contribution in [0.15, 0.2) is 28.7 Å². The molecule has 1 atom stereocenters. The Labute approximate surface area is 165 Å². The minimum Gasteiger partial charge on any atom is -0.497 e. The van der Waals surface area contributed by atoms with Crippen LogP contribution >= 0.6 is 0 Å². The highest BCUT2D eigenvalue weighted by Gasteiger charge is 2.21. The first-order chi connectivity index (χ1) is 13.6. The number of benzene rings is 1. The van der Waals surface area contributed by atoms with Gasteiger partial charge in [-0.1, -0.05) is 6.92 Å². The molecule has 152 valence electrons. The standard InChI is InChI=1S/C20H29N5O3/c1-4-15(2)21-18(26)13-24-9-11-25(12-10-24)14-19-22-23-20(28-19)16-5-7-17(27-3)8-6-16/h5-8,15H,4,9-14H2,1-3H3,(H,21,26). The maximum atomic E-state index is 12.0. The summed E-state index contributed by atoms with van der Waals surface area (Å²) in [5.74, 6) is 2.01. The average Bonchev–Trinajstić information content (AvgIpc) is 3.18. The summed E-state index contributed by atoms with van der Waals surface area (Å²) in [5.41, 5.74) is 0.872. The molecule has 2 aromatic rings. The SMILES string of the molecule is CCC(C)NC(=O)CN1CCN(Cc2nnc(-c3ccc(OC)cc3)o2)CC1. The molecule has 0 bridgehead atoms. The summed E-state index contributed by atoms with van der Waals surface area (Å²) in [6, 6.07) is 7.77. The van der Waals surface area contributed by atoms with Crippen molar-refractivity contribution in [2.75, 3.05) is 39.8 Å². The monoisotopic (exact) mass is 387 g/mol. The van der Waals surface area contributed by atoms with Gasteiger partial charge in [0.05, 0.1) is 20.2 Å². The summed E-state index contributed by atoms with van der Waals surface area (Å²) in [5, 5.41) is 11.3. The fourth-order valence-corrected chi connectivity index (χ4v) is 3.09. The maximum Gasteiger partial charge on any atom is 0.247 e. The summed E-state index contributed by atoms with van der Waals surface area (Å²) < 4.78 is 11.0. The summed E-state index contributed by atoms with van der Waals surface area (Å²) in [7, 11) is 1.64. The van der Waals surface area contributed by atoms with Gasteiger partial charge in [0.2, 0.25) is 17.7 Å².